The summed E-state index contributed by atoms with van der Waals surface area (Å²) >= 11 is 0. The van der Waals surface area contributed by atoms with Crippen molar-refractivity contribution in [2.75, 3.05) is 6.61 Å². The van der Waals surface area contributed by atoms with Crippen molar-refractivity contribution in [1.29, 1.82) is 0 Å². The summed E-state index contributed by atoms with van der Waals surface area (Å²) in [5, 5.41) is 1.27. The molecular weight excluding hydrogens is 310 g/mol. The van der Waals surface area contributed by atoms with Crippen molar-refractivity contribution < 1.29 is 9.53 Å². The molecule has 0 fully saturated rings. The Kier molecular flexibility index (Phi) is 4.31. The zero-order chi connectivity index (χ0) is 17.2. The van der Waals surface area contributed by atoms with Gasteiger partial charge in [0.1, 0.15) is 0 Å². The molecule has 0 bridgehead atoms. The maximum Gasteiger partial charge on any atom is 0.331 e. The fourth-order valence-corrected chi connectivity index (χ4v) is 3.91. The summed E-state index contributed by atoms with van der Waals surface area (Å²) in [6.45, 7) is 3.21. The number of carbonyl (C=O) groups is 1. The van der Waals surface area contributed by atoms with Gasteiger partial charge in [0.2, 0.25) is 0 Å². The number of hydrogen-bond donors (Lipinski definition) is 0. The maximum atomic E-state index is 12.0. The van der Waals surface area contributed by atoms with Gasteiger partial charge in [-0.3, -0.25) is 0 Å². The number of nitrogens with zero attached hydrogens (tertiary/aromatic N) is 1. The van der Waals surface area contributed by atoms with Gasteiger partial charge in [0.15, 0.2) is 0 Å². The molecule has 0 radical (unpaired) electrons. The molecule has 1 aromatic carbocycles. The molecule has 3 nitrogen and oxygen atoms in total. The number of rotatable bonds is 2. The lowest BCUT2D eigenvalue weighted by atomic mass is 9.86. The van der Waals surface area contributed by atoms with Crippen LogP contribution < -0.4 is 0 Å². The van der Waals surface area contributed by atoms with E-state index in [1.807, 2.05) is 6.92 Å². The summed E-state index contributed by atoms with van der Waals surface area (Å²) in [6.07, 6.45) is 13.7. The molecule has 4 rings (SSSR count). The van der Waals surface area contributed by atoms with Gasteiger partial charge in [-0.15, -0.1) is 0 Å². The minimum Gasteiger partial charge on any atom is -0.463 e. The SMILES string of the molecule is CCOC(=O)/C=C1\C=C2\c3cccc4ccn(c34)CC2/C=C\CCC1. The number of ether oxygens (including phenoxy) is 1. The average Bonchev–Trinajstić information content (AvgIpc) is 3.04. The topological polar surface area (TPSA) is 31.2 Å². The van der Waals surface area contributed by atoms with Crippen LogP contribution in [0.2, 0.25) is 0 Å². The first kappa shape index (κ1) is 15.9. The van der Waals surface area contributed by atoms with E-state index in [0.29, 0.717) is 12.5 Å². The van der Waals surface area contributed by atoms with Crippen LogP contribution in [0, 0.1) is 5.92 Å². The molecule has 1 unspecified atom stereocenters. The molecule has 0 saturated carbocycles. The molecule has 1 aliphatic heterocycles. The van der Waals surface area contributed by atoms with Gasteiger partial charge in [0.25, 0.3) is 0 Å². The van der Waals surface area contributed by atoms with Crippen LogP contribution in [0.4, 0.5) is 0 Å². The molecule has 3 heteroatoms. The monoisotopic (exact) mass is 333 g/mol. The third-order valence-electron chi connectivity index (χ3n) is 5.03. The standard InChI is InChI=1S/C22H23NO2/c1-2-25-21(24)14-16-7-4-3-5-8-18-15-23-12-11-17-9-6-10-19(22(17)23)20(18)13-16/h5-6,8-14,18H,2-4,7,15H2,1H3/b8-5-,16-14-,20-13+. The molecule has 1 aliphatic carbocycles. The van der Waals surface area contributed by atoms with Crippen molar-refractivity contribution in [3.8, 4) is 0 Å². The third-order valence-corrected chi connectivity index (χ3v) is 5.03. The van der Waals surface area contributed by atoms with E-state index in [0.717, 1.165) is 31.4 Å². The third kappa shape index (κ3) is 3.07. The predicted octanol–water partition coefficient (Wildman–Crippen LogP) is 4.88. The van der Waals surface area contributed by atoms with Crippen LogP contribution in [-0.2, 0) is 16.1 Å². The highest BCUT2D eigenvalue weighted by molar-refractivity contribution is 5.95. The van der Waals surface area contributed by atoms with E-state index in [9.17, 15) is 4.79 Å². The first-order chi connectivity index (χ1) is 12.3. The van der Waals surface area contributed by atoms with Crippen molar-refractivity contribution in [2.24, 2.45) is 5.92 Å². The number of benzene rings is 1. The van der Waals surface area contributed by atoms with Crippen LogP contribution in [0.15, 0.2) is 60.3 Å². The van der Waals surface area contributed by atoms with Gasteiger partial charge in [-0.2, -0.15) is 0 Å². The average molecular weight is 333 g/mol. The van der Waals surface area contributed by atoms with E-state index in [1.54, 1.807) is 6.08 Å². The molecule has 1 atom stereocenters. The van der Waals surface area contributed by atoms with E-state index in [-0.39, 0.29) is 5.97 Å². The summed E-state index contributed by atoms with van der Waals surface area (Å²) in [4.78, 5) is 12.0. The predicted molar refractivity (Wildman–Crippen MR) is 101 cm³/mol. The molecular formula is C22H23NO2. The largest absolute Gasteiger partial charge is 0.463 e. The molecule has 0 N–H and O–H groups in total. The Hall–Kier alpha value is -2.55. The Balaban J connectivity index is 1.85. The first-order valence-corrected chi connectivity index (χ1v) is 9.10. The van der Waals surface area contributed by atoms with Crippen LogP contribution in [0.1, 0.15) is 31.7 Å². The number of hydrogen-bond acceptors (Lipinski definition) is 2. The molecule has 1 aromatic heterocycles. The van der Waals surface area contributed by atoms with Gasteiger partial charge in [-0.1, -0.05) is 36.4 Å². The van der Waals surface area contributed by atoms with Crippen molar-refractivity contribution in [3.63, 3.8) is 0 Å². The number of esters is 1. The van der Waals surface area contributed by atoms with Gasteiger partial charge in [0.05, 0.1) is 12.1 Å². The van der Waals surface area contributed by atoms with E-state index >= 15 is 0 Å². The van der Waals surface area contributed by atoms with Crippen LogP contribution >= 0.6 is 0 Å². The van der Waals surface area contributed by atoms with Crippen molar-refractivity contribution in [3.05, 3.63) is 65.9 Å². The lowest BCUT2D eigenvalue weighted by Crippen LogP contribution is -2.16. The second kappa shape index (κ2) is 6.75. The highest BCUT2D eigenvalue weighted by Gasteiger charge is 2.24. The molecule has 0 amide bonds. The minimum absolute atomic E-state index is 0.240. The summed E-state index contributed by atoms with van der Waals surface area (Å²) in [5.41, 5.74) is 4.96. The highest BCUT2D eigenvalue weighted by atomic mass is 16.5. The zero-order valence-corrected chi connectivity index (χ0v) is 14.6. The molecule has 0 saturated heterocycles. The summed E-state index contributed by atoms with van der Waals surface area (Å²) in [7, 11) is 0. The first-order valence-electron chi connectivity index (χ1n) is 9.10. The smallest absolute Gasteiger partial charge is 0.331 e. The van der Waals surface area contributed by atoms with Crippen molar-refractivity contribution in [2.45, 2.75) is 32.7 Å². The second-order valence-electron chi connectivity index (χ2n) is 6.71. The molecule has 2 aromatic rings. The van der Waals surface area contributed by atoms with Crippen LogP contribution in [0.5, 0.6) is 0 Å². The Morgan fingerprint density at radius 2 is 2.28 bits per heavy atom. The Labute approximate surface area is 148 Å². The molecule has 2 heterocycles. The van der Waals surface area contributed by atoms with Gasteiger partial charge >= 0.3 is 5.97 Å². The van der Waals surface area contributed by atoms with Gasteiger partial charge in [-0.05, 0) is 43.4 Å². The number of para-hydroxylation sites is 1. The Morgan fingerprint density at radius 1 is 1.36 bits per heavy atom. The van der Waals surface area contributed by atoms with Crippen LogP contribution in [0.25, 0.3) is 16.5 Å². The maximum absolute atomic E-state index is 12.0. The Bertz CT molecular complexity index is 898. The van der Waals surface area contributed by atoms with Gasteiger partial charge in [0, 0.05) is 35.7 Å². The number of allylic oxidation sites excluding steroid dienone is 5. The second-order valence-corrected chi connectivity index (χ2v) is 6.71. The molecule has 2 aliphatic rings. The Morgan fingerprint density at radius 3 is 3.16 bits per heavy atom. The summed E-state index contributed by atoms with van der Waals surface area (Å²) in [5.74, 6) is 0.102. The van der Waals surface area contributed by atoms with Gasteiger partial charge in [-0.25, -0.2) is 4.79 Å². The van der Waals surface area contributed by atoms with E-state index < -0.39 is 0 Å². The lowest BCUT2D eigenvalue weighted by Gasteiger charge is -2.26. The van der Waals surface area contributed by atoms with Crippen molar-refractivity contribution in [1.82, 2.24) is 4.57 Å². The summed E-state index contributed by atoms with van der Waals surface area (Å²) < 4.78 is 7.47. The van der Waals surface area contributed by atoms with E-state index in [1.165, 1.54) is 22.0 Å². The van der Waals surface area contributed by atoms with Crippen LogP contribution in [0.3, 0.4) is 0 Å². The van der Waals surface area contributed by atoms with E-state index in [4.69, 9.17) is 4.74 Å². The zero-order valence-electron chi connectivity index (χ0n) is 14.6. The van der Waals surface area contributed by atoms with Gasteiger partial charge < -0.3 is 9.30 Å². The fraction of sp³-hybridized carbons (Fsp3) is 0.318. The lowest BCUT2D eigenvalue weighted by molar-refractivity contribution is -0.137. The van der Waals surface area contributed by atoms with Crippen molar-refractivity contribution >= 4 is 22.4 Å². The number of carbonyl (C=O) groups excluding carboxylic acids is 1. The normalized spacial score (nSPS) is 24.6. The fourth-order valence-electron chi connectivity index (χ4n) is 3.91. The van der Waals surface area contributed by atoms with Crippen LogP contribution in [-0.4, -0.2) is 17.1 Å². The van der Waals surface area contributed by atoms with E-state index in [2.05, 4.69) is 53.3 Å². The number of fused-ring (bicyclic) bond motifs is 2. The molecule has 0 spiro atoms. The molecule has 128 valence electrons. The number of aromatic nitrogens is 1. The highest BCUT2D eigenvalue weighted by Crippen LogP contribution is 2.39. The quantitative estimate of drug-likeness (QED) is 0.445. The minimum atomic E-state index is -0.240. The molecule has 25 heavy (non-hydrogen) atoms. The summed E-state index contributed by atoms with van der Waals surface area (Å²) in [6, 6.07) is 8.67.